The third-order valence-electron chi connectivity index (χ3n) is 4.53. The molecule has 132 valence electrons. The van der Waals surface area contributed by atoms with E-state index in [1.165, 1.54) is 17.5 Å². The van der Waals surface area contributed by atoms with Gasteiger partial charge < -0.3 is 20.1 Å². The Bertz CT molecular complexity index is 774. The molecule has 1 aliphatic rings. The number of hydrogen-bond donors (Lipinski definition) is 2. The molecule has 3 rings (SSSR count). The topological polar surface area (TPSA) is 59.6 Å². The number of hydrogen-bond acceptors (Lipinski definition) is 4. The number of amides is 1. The summed E-state index contributed by atoms with van der Waals surface area (Å²) in [5.41, 5.74) is 4.46. The Kier molecular flexibility index (Phi) is 5.12. The molecule has 0 fully saturated rings. The molecule has 2 aromatic carbocycles. The number of benzene rings is 2. The van der Waals surface area contributed by atoms with Crippen LogP contribution < -0.4 is 20.1 Å². The first-order chi connectivity index (χ1) is 12.1. The van der Waals surface area contributed by atoms with Crippen LogP contribution in [0.2, 0.25) is 0 Å². The third-order valence-corrected chi connectivity index (χ3v) is 4.53. The van der Waals surface area contributed by atoms with E-state index in [2.05, 4.69) is 22.8 Å². The van der Waals surface area contributed by atoms with Crippen molar-refractivity contribution in [2.45, 2.75) is 32.2 Å². The van der Waals surface area contributed by atoms with Crippen LogP contribution in [0.3, 0.4) is 0 Å². The molecule has 0 radical (unpaired) electrons. The number of carbonyl (C=O) groups excluding carboxylic acids is 1. The molecule has 1 atom stereocenters. The van der Waals surface area contributed by atoms with E-state index >= 15 is 0 Å². The van der Waals surface area contributed by atoms with Crippen molar-refractivity contribution in [1.29, 1.82) is 0 Å². The fourth-order valence-electron chi connectivity index (χ4n) is 3.14. The number of methoxy groups -OCH3 is 2. The van der Waals surface area contributed by atoms with Crippen LogP contribution in [0.25, 0.3) is 0 Å². The van der Waals surface area contributed by atoms with E-state index in [9.17, 15) is 4.79 Å². The lowest BCUT2D eigenvalue weighted by molar-refractivity contribution is -0.116. The SMILES string of the molecule is COc1ccc(NC(=O)[C@@H](C)Nc2ccc3c(c2)CCC3)cc1OC. The van der Waals surface area contributed by atoms with Gasteiger partial charge in [-0.1, -0.05) is 6.07 Å². The van der Waals surface area contributed by atoms with Gasteiger partial charge in [0.1, 0.15) is 6.04 Å². The largest absolute Gasteiger partial charge is 0.493 e. The maximum absolute atomic E-state index is 12.5. The predicted octanol–water partition coefficient (Wildman–Crippen LogP) is 3.63. The van der Waals surface area contributed by atoms with Gasteiger partial charge in [0.05, 0.1) is 14.2 Å². The summed E-state index contributed by atoms with van der Waals surface area (Å²) >= 11 is 0. The van der Waals surface area contributed by atoms with Crippen molar-refractivity contribution in [3.63, 3.8) is 0 Å². The van der Waals surface area contributed by atoms with Crippen molar-refractivity contribution < 1.29 is 14.3 Å². The van der Waals surface area contributed by atoms with E-state index in [1.54, 1.807) is 32.4 Å². The zero-order valence-corrected chi connectivity index (χ0v) is 14.9. The molecular weight excluding hydrogens is 316 g/mol. The van der Waals surface area contributed by atoms with Crippen LogP contribution in [-0.4, -0.2) is 26.2 Å². The van der Waals surface area contributed by atoms with Crippen LogP contribution in [0.15, 0.2) is 36.4 Å². The number of rotatable bonds is 6. The normalized spacial score (nSPS) is 13.7. The molecule has 0 spiro atoms. The second-order valence-electron chi connectivity index (χ2n) is 6.26. The molecule has 0 aliphatic heterocycles. The van der Waals surface area contributed by atoms with Gasteiger partial charge in [0.15, 0.2) is 11.5 Å². The lowest BCUT2D eigenvalue weighted by Gasteiger charge is -2.17. The van der Waals surface area contributed by atoms with Gasteiger partial charge in [0, 0.05) is 17.4 Å². The average molecular weight is 340 g/mol. The molecule has 0 unspecified atom stereocenters. The number of ether oxygens (including phenoxy) is 2. The lowest BCUT2D eigenvalue weighted by atomic mass is 10.1. The molecular formula is C20H24N2O3. The van der Waals surface area contributed by atoms with E-state index in [0.29, 0.717) is 17.2 Å². The van der Waals surface area contributed by atoms with E-state index < -0.39 is 0 Å². The number of carbonyl (C=O) groups is 1. The quantitative estimate of drug-likeness (QED) is 0.843. The Labute approximate surface area is 148 Å². The minimum Gasteiger partial charge on any atom is -0.493 e. The maximum Gasteiger partial charge on any atom is 0.246 e. The summed E-state index contributed by atoms with van der Waals surface area (Å²) in [6, 6.07) is 11.3. The molecule has 2 N–H and O–H groups in total. The fraction of sp³-hybridized carbons (Fsp3) is 0.350. The molecule has 0 saturated heterocycles. The minimum absolute atomic E-state index is 0.104. The highest BCUT2D eigenvalue weighted by atomic mass is 16.5. The van der Waals surface area contributed by atoms with Crippen molar-refractivity contribution >= 4 is 17.3 Å². The predicted molar refractivity (Wildman–Crippen MR) is 99.7 cm³/mol. The Balaban J connectivity index is 1.64. The van der Waals surface area contributed by atoms with Crippen LogP contribution in [-0.2, 0) is 17.6 Å². The highest BCUT2D eigenvalue weighted by molar-refractivity contribution is 5.96. The van der Waals surface area contributed by atoms with Gasteiger partial charge >= 0.3 is 0 Å². The first-order valence-electron chi connectivity index (χ1n) is 8.52. The van der Waals surface area contributed by atoms with Gasteiger partial charge in [0.2, 0.25) is 5.91 Å². The summed E-state index contributed by atoms with van der Waals surface area (Å²) in [6.07, 6.45) is 3.50. The van der Waals surface area contributed by atoms with Crippen LogP contribution in [0.4, 0.5) is 11.4 Å². The molecule has 0 saturated carbocycles. The van der Waals surface area contributed by atoms with Crippen molar-refractivity contribution in [2.24, 2.45) is 0 Å². The van der Waals surface area contributed by atoms with Crippen molar-refractivity contribution in [3.05, 3.63) is 47.5 Å². The van der Waals surface area contributed by atoms with Gasteiger partial charge in [-0.05, 0) is 61.6 Å². The molecule has 25 heavy (non-hydrogen) atoms. The standard InChI is InChI=1S/C20H24N2O3/c1-13(21-16-8-7-14-5-4-6-15(14)11-16)20(23)22-17-9-10-18(24-2)19(12-17)25-3/h7-13,21H,4-6H2,1-3H3,(H,22,23)/t13-/m1/s1. The molecule has 0 aromatic heterocycles. The molecule has 0 heterocycles. The number of aryl methyl sites for hydroxylation is 2. The summed E-state index contributed by atoms with van der Waals surface area (Å²) < 4.78 is 10.5. The molecule has 1 amide bonds. The summed E-state index contributed by atoms with van der Waals surface area (Å²) in [7, 11) is 3.15. The zero-order chi connectivity index (χ0) is 17.8. The smallest absolute Gasteiger partial charge is 0.246 e. The first-order valence-corrected chi connectivity index (χ1v) is 8.52. The summed E-state index contributed by atoms with van der Waals surface area (Å²) in [6.45, 7) is 1.85. The summed E-state index contributed by atoms with van der Waals surface area (Å²) in [5.74, 6) is 1.11. The van der Waals surface area contributed by atoms with E-state index in [1.807, 2.05) is 13.0 Å². The van der Waals surface area contributed by atoms with Gasteiger partial charge in [-0.3, -0.25) is 4.79 Å². The lowest BCUT2D eigenvalue weighted by Crippen LogP contribution is -2.31. The Morgan fingerprint density at radius 2 is 1.68 bits per heavy atom. The number of fused-ring (bicyclic) bond motifs is 1. The number of nitrogens with one attached hydrogen (secondary N) is 2. The third kappa shape index (κ3) is 3.87. The highest BCUT2D eigenvalue weighted by Gasteiger charge is 2.16. The fourth-order valence-corrected chi connectivity index (χ4v) is 3.14. The van der Waals surface area contributed by atoms with Crippen molar-refractivity contribution in [3.8, 4) is 11.5 Å². The molecule has 5 nitrogen and oxygen atoms in total. The zero-order valence-electron chi connectivity index (χ0n) is 14.9. The van der Waals surface area contributed by atoms with Crippen molar-refractivity contribution in [2.75, 3.05) is 24.9 Å². The van der Waals surface area contributed by atoms with Crippen LogP contribution in [0.1, 0.15) is 24.5 Å². The Morgan fingerprint density at radius 3 is 2.44 bits per heavy atom. The first kappa shape index (κ1) is 17.1. The molecule has 2 aromatic rings. The maximum atomic E-state index is 12.5. The second-order valence-corrected chi connectivity index (χ2v) is 6.26. The van der Waals surface area contributed by atoms with E-state index in [0.717, 1.165) is 18.5 Å². The van der Waals surface area contributed by atoms with E-state index in [-0.39, 0.29) is 11.9 Å². The Hall–Kier alpha value is -2.69. The summed E-state index contributed by atoms with van der Waals surface area (Å²) in [4.78, 5) is 12.5. The van der Waals surface area contributed by atoms with Crippen LogP contribution in [0.5, 0.6) is 11.5 Å². The average Bonchev–Trinajstić information content (AvgIpc) is 3.09. The van der Waals surface area contributed by atoms with Crippen LogP contribution >= 0.6 is 0 Å². The molecule has 1 aliphatic carbocycles. The Morgan fingerprint density at radius 1 is 0.960 bits per heavy atom. The minimum atomic E-state index is -0.354. The van der Waals surface area contributed by atoms with Gasteiger partial charge in [0.25, 0.3) is 0 Å². The van der Waals surface area contributed by atoms with Gasteiger partial charge in [-0.2, -0.15) is 0 Å². The van der Waals surface area contributed by atoms with E-state index in [4.69, 9.17) is 9.47 Å². The summed E-state index contributed by atoms with van der Waals surface area (Å²) in [5, 5.41) is 6.18. The molecule has 0 bridgehead atoms. The van der Waals surface area contributed by atoms with Crippen LogP contribution in [0, 0.1) is 0 Å². The van der Waals surface area contributed by atoms with Gasteiger partial charge in [-0.25, -0.2) is 0 Å². The number of anilines is 2. The van der Waals surface area contributed by atoms with Crippen molar-refractivity contribution in [1.82, 2.24) is 0 Å². The monoisotopic (exact) mass is 340 g/mol. The molecule has 5 heteroatoms. The highest BCUT2D eigenvalue weighted by Crippen LogP contribution is 2.30. The van der Waals surface area contributed by atoms with Gasteiger partial charge in [-0.15, -0.1) is 0 Å². The second kappa shape index (κ2) is 7.47.